The van der Waals surface area contributed by atoms with Gasteiger partial charge in [-0.2, -0.15) is 13.2 Å². The van der Waals surface area contributed by atoms with Crippen molar-refractivity contribution in [1.29, 1.82) is 0 Å². The molecule has 0 bridgehead atoms. The molecule has 1 unspecified atom stereocenters. The highest BCUT2D eigenvalue weighted by Gasteiger charge is 2.34. The third kappa shape index (κ3) is 3.94. The molecular weight excluding hydrogens is 255 g/mol. The van der Waals surface area contributed by atoms with Gasteiger partial charge in [0.05, 0.1) is 17.2 Å². The fraction of sp³-hybridized carbons (Fsp3) is 0.571. The lowest BCUT2D eigenvalue weighted by atomic mass is 9.90. The fourth-order valence-corrected chi connectivity index (χ4v) is 2.27. The molecule has 0 radical (unpaired) electrons. The summed E-state index contributed by atoms with van der Waals surface area (Å²) in [5.74, 6) is 0. The smallest absolute Gasteiger partial charge is 0.374 e. The van der Waals surface area contributed by atoms with Crippen molar-refractivity contribution in [1.82, 2.24) is 5.32 Å². The summed E-state index contributed by atoms with van der Waals surface area (Å²) in [6, 6.07) is 5.03. The lowest BCUT2D eigenvalue weighted by Crippen LogP contribution is -2.40. The number of alkyl halides is 3. The van der Waals surface area contributed by atoms with Gasteiger partial charge in [0.2, 0.25) is 0 Å². The number of halogens is 3. The highest BCUT2D eigenvalue weighted by molar-refractivity contribution is 5.29. The third-order valence-corrected chi connectivity index (χ3v) is 3.05. The van der Waals surface area contributed by atoms with Crippen LogP contribution in [0.3, 0.4) is 0 Å². The molecule has 0 heterocycles. The van der Waals surface area contributed by atoms with E-state index in [0.717, 1.165) is 6.07 Å². The maximum atomic E-state index is 12.7. The van der Waals surface area contributed by atoms with Crippen LogP contribution < -0.4 is 5.32 Å². The molecule has 0 fully saturated rings. The Morgan fingerprint density at radius 3 is 2.37 bits per heavy atom. The summed E-state index contributed by atoms with van der Waals surface area (Å²) in [6.45, 7) is 6.08. The highest BCUT2D eigenvalue weighted by Crippen LogP contribution is 2.34. The van der Waals surface area contributed by atoms with Crippen molar-refractivity contribution in [2.75, 3.05) is 13.7 Å². The predicted molar refractivity (Wildman–Crippen MR) is 68.9 cm³/mol. The van der Waals surface area contributed by atoms with Gasteiger partial charge in [-0.05, 0) is 45.5 Å². The summed E-state index contributed by atoms with van der Waals surface area (Å²) in [6.07, 6.45) is -4.33. The van der Waals surface area contributed by atoms with E-state index in [2.05, 4.69) is 5.32 Å². The molecule has 1 atom stereocenters. The minimum absolute atomic E-state index is 0.310. The summed E-state index contributed by atoms with van der Waals surface area (Å²) in [5.41, 5.74) is -0.665. The molecule has 0 saturated carbocycles. The van der Waals surface area contributed by atoms with Crippen LogP contribution in [-0.4, -0.2) is 19.3 Å². The molecule has 0 spiro atoms. The molecule has 19 heavy (non-hydrogen) atoms. The van der Waals surface area contributed by atoms with Crippen molar-refractivity contribution in [2.24, 2.45) is 0 Å². The lowest BCUT2D eigenvalue weighted by Gasteiger charge is -2.34. The molecule has 0 aliphatic rings. The van der Waals surface area contributed by atoms with Crippen molar-refractivity contribution in [3.05, 3.63) is 35.4 Å². The van der Waals surface area contributed by atoms with E-state index in [1.54, 1.807) is 13.1 Å². The zero-order chi connectivity index (χ0) is 14.7. The van der Waals surface area contributed by atoms with Crippen molar-refractivity contribution in [3.8, 4) is 0 Å². The van der Waals surface area contributed by atoms with Crippen LogP contribution in [0.4, 0.5) is 13.2 Å². The van der Waals surface area contributed by atoms with E-state index >= 15 is 0 Å². The summed E-state index contributed by atoms with van der Waals surface area (Å²) < 4.78 is 43.8. The lowest BCUT2D eigenvalue weighted by molar-refractivity contribution is -0.137. The molecule has 108 valence electrons. The Morgan fingerprint density at radius 1 is 1.26 bits per heavy atom. The quantitative estimate of drug-likeness (QED) is 0.883. The number of benzene rings is 1. The van der Waals surface area contributed by atoms with Gasteiger partial charge in [0.1, 0.15) is 0 Å². The number of hydrogen-bond donors (Lipinski definition) is 1. The topological polar surface area (TPSA) is 21.3 Å². The largest absolute Gasteiger partial charge is 0.416 e. The van der Waals surface area contributed by atoms with Gasteiger partial charge in [0.15, 0.2) is 0 Å². The van der Waals surface area contributed by atoms with Crippen LogP contribution >= 0.6 is 0 Å². The number of rotatable bonds is 5. The number of likely N-dealkylation sites (N-methyl/N-ethyl adjacent to an activating group) is 1. The molecule has 0 amide bonds. The van der Waals surface area contributed by atoms with Gasteiger partial charge in [-0.25, -0.2) is 0 Å². The zero-order valence-corrected chi connectivity index (χ0v) is 11.6. The number of hydrogen-bond acceptors (Lipinski definition) is 2. The second kappa shape index (κ2) is 5.92. The Bertz CT molecular complexity index is 415. The Labute approximate surface area is 112 Å². The zero-order valence-electron chi connectivity index (χ0n) is 11.6. The molecule has 1 aromatic carbocycles. The van der Waals surface area contributed by atoms with Gasteiger partial charge in [0, 0.05) is 6.61 Å². The van der Waals surface area contributed by atoms with Crippen LogP contribution in [0.5, 0.6) is 0 Å². The molecule has 5 heteroatoms. The van der Waals surface area contributed by atoms with E-state index in [1.165, 1.54) is 12.1 Å². The van der Waals surface area contributed by atoms with E-state index in [4.69, 9.17) is 4.74 Å². The molecule has 1 aromatic rings. The summed E-state index contributed by atoms with van der Waals surface area (Å²) >= 11 is 0. The SMILES string of the molecule is CCOC(C)(C)C(NC)c1cccc(C(F)(F)F)c1. The minimum Gasteiger partial charge on any atom is -0.374 e. The van der Waals surface area contributed by atoms with Crippen LogP contribution in [0.15, 0.2) is 24.3 Å². The average molecular weight is 275 g/mol. The summed E-state index contributed by atoms with van der Waals surface area (Å²) in [4.78, 5) is 0. The first-order valence-corrected chi connectivity index (χ1v) is 6.20. The van der Waals surface area contributed by atoms with Crippen LogP contribution in [-0.2, 0) is 10.9 Å². The van der Waals surface area contributed by atoms with E-state index in [-0.39, 0.29) is 6.04 Å². The van der Waals surface area contributed by atoms with Crippen LogP contribution in [0.25, 0.3) is 0 Å². The molecule has 0 aliphatic carbocycles. The fourth-order valence-electron chi connectivity index (χ4n) is 2.27. The molecule has 1 rings (SSSR count). The van der Waals surface area contributed by atoms with E-state index in [0.29, 0.717) is 12.2 Å². The van der Waals surface area contributed by atoms with Crippen LogP contribution in [0, 0.1) is 0 Å². The highest BCUT2D eigenvalue weighted by atomic mass is 19.4. The Hall–Kier alpha value is -1.07. The van der Waals surface area contributed by atoms with Gasteiger partial charge in [0.25, 0.3) is 0 Å². The minimum atomic E-state index is -4.33. The van der Waals surface area contributed by atoms with Crippen LogP contribution in [0.1, 0.15) is 37.9 Å². The van der Waals surface area contributed by atoms with Gasteiger partial charge in [-0.1, -0.05) is 12.1 Å². The van der Waals surface area contributed by atoms with Crippen molar-refractivity contribution < 1.29 is 17.9 Å². The van der Waals surface area contributed by atoms with Gasteiger partial charge >= 0.3 is 6.18 Å². The molecule has 0 aliphatic heterocycles. The second-order valence-electron chi connectivity index (χ2n) is 4.88. The number of ether oxygens (including phenoxy) is 1. The monoisotopic (exact) mass is 275 g/mol. The normalized spacial score (nSPS) is 14.5. The molecule has 0 saturated heterocycles. The molecular formula is C14H20F3NO. The van der Waals surface area contributed by atoms with Crippen LogP contribution in [0.2, 0.25) is 0 Å². The average Bonchev–Trinajstić information content (AvgIpc) is 2.28. The first kappa shape index (κ1) is 16.0. The van der Waals surface area contributed by atoms with Crippen molar-refractivity contribution in [3.63, 3.8) is 0 Å². The summed E-state index contributed by atoms with van der Waals surface area (Å²) in [7, 11) is 1.71. The molecule has 1 N–H and O–H groups in total. The molecule has 0 aromatic heterocycles. The standard InChI is InChI=1S/C14H20F3NO/c1-5-19-13(2,3)12(18-4)10-7-6-8-11(9-10)14(15,16)17/h6-9,12,18H,5H2,1-4H3. The second-order valence-corrected chi connectivity index (χ2v) is 4.88. The van der Waals surface area contributed by atoms with Gasteiger partial charge in [-0.15, -0.1) is 0 Å². The Kier molecular flexibility index (Phi) is 4.98. The first-order valence-electron chi connectivity index (χ1n) is 6.20. The molecule has 2 nitrogen and oxygen atoms in total. The first-order chi connectivity index (χ1) is 8.72. The maximum Gasteiger partial charge on any atom is 0.416 e. The predicted octanol–water partition coefficient (Wildman–Crippen LogP) is 3.78. The van der Waals surface area contributed by atoms with E-state index in [9.17, 15) is 13.2 Å². The van der Waals surface area contributed by atoms with Crippen molar-refractivity contribution >= 4 is 0 Å². The van der Waals surface area contributed by atoms with Crippen molar-refractivity contribution in [2.45, 2.75) is 38.6 Å². The Balaban J connectivity index is 3.13. The Morgan fingerprint density at radius 2 is 1.89 bits per heavy atom. The van der Waals surface area contributed by atoms with E-state index < -0.39 is 17.3 Å². The number of nitrogens with one attached hydrogen (secondary N) is 1. The maximum absolute atomic E-state index is 12.7. The van der Waals surface area contributed by atoms with Gasteiger partial charge < -0.3 is 10.1 Å². The third-order valence-electron chi connectivity index (χ3n) is 3.05. The van der Waals surface area contributed by atoms with E-state index in [1.807, 2.05) is 20.8 Å². The van der Waals surface area contributed by atoms with Gasteiger partial charge in [-0.3, -0.25) is 0 Å². The summed E-state index contributed by atoms with van der Waals surface area (Å²) in [5, 5.41) is 3.03.